The summed E-state index contributed by atoms with van der Waals surface area (Å²) in [7, 11) is 1.72. The van der Waals surface area contributed by atoms with Crippen LogP contribution in [0, 0.1) is 11.3 Å². The Kier molecular flexibility index (Phi) is 5.32. The molecule has 3 atom stereocenters. The van der Waals surface area contributed by atoms with Crippen LogP contribution >= 0.6 is 0 Å². The second-order valence-electron chi connectivity index (χ2n) is 7.51. The molecular formula is C19H31NO. The summed E-state index contributed by atoms with van der Waals surface area (Å²) in [5.41, 5.74) is 1.84. The van der Waals surface area contributed by atoms with E-state index in [-0.39, 0.29) is 0 Å². The molecule has 0 bridgehead atoms. The second kappa shape index (κ2) is 6.83. The predicted octanol–water partition coefficient (Wildman–Crippen LogP) is 4.95. The van der Waals surface area contributed by atoms with Gasteiger partial charge in [-0.1, -0.05) is 39.8 Å². The van der Waals surface area contributed by atoms with Crippen molar-refractivity contribution in [1.29, 1.82) is 0 Å². The van der Waals surface area contributed by atoms with Crippen molar-refractivity contribution in [2.45, 2.75) is 65.5 Å². The van der Waals surface area contributed by atoms with Gasteiger partial charge in [-0.2, -0.15) is 0 Å². The summed E-state index contributed by atoms with van der Waals surface area (Å²) < 4.78 is 5.25. The Labute approximate surface area is 130 Å². The van der Waals surface area contributed by atoms with Crippen LogP contribution in [0.5, 0.6) is 5.75 Å². The summed E-state index contributed by atoms with van der Waals surface area (Å²) in [5, 5.41) is 3.90. The largest absolute Gasteiger partial charge is 0.497 e. The summed E-state index contributed by atoms with van der Waals surface area (Å²) in [6.45, 7) is 9.47. The van der Waals surface area contributed by atoms with Gasteiger partial charge in [-0.25, -0.2) is 0 Å². The normalized spacial score (nSPS) is 26.3. The third kappa shape index (κ3) is 4.47. The minimum absolute atomic E-state index is 0.446. The van der Waals surface area contributed by atoms with Gasteiger partial charge in [0.2, 0.25) is 0 Å². The molecule has 2 heteroatoms. The monoisotopic (exact) mass is 289 g/mol. The third-order valence-electron chi connectivity index (χ3n) is 4.75. The molecule has 1 fully saturated rings. The van der Waals surface area contributed by atoms with Crippen molar-refractivity contribution < 1.29 is 4.74 Å². The Morgan fingerprint density at radius 3 is 2.43 bits per heavy atom. The van der Waals surface area contributed by atoms with Gasteiger partial charge in [-0.3, -0.25) is 0 Å². The number of rotatable bonds is 5. The standard InChI is InChI=1S/C19H31NO/c1-6-18(15-7-9-17(21-5)10-8-15)20-16-11-14(2)12-19(3,4)13-16/h7-10,14,16,18,20H,6,11-13H2,1-5H3. The molecule has 0 spiro atoms. The van der Waals surface area contributed by atoms with Crippen LogP contribution in [0.3, 0.4) is 0 Å². The molecule has 2 rings (SSSR count). The molecule has 118 valence electrons. The summed E-state index contributed by atoms with van der Waals surface area (Å²) in [6.07, 6.45) is 5.06. The molecule has 0 aliphatic heterocycles. The van der Waals surface area contributed by atoms with Gasteiger partial charge in [-0.15, -0.1) is 0 Å². The lowest BCUT2D eigenvalue weighted by Gasteiger charge is -2.40. The molecule has 1 aromatic rings. The molecule has 1 saturated carbocycles. The van der Waals surface area contributed by atoms with Crippen LogP contribution in [0.15, 0.2) is 24.3 Å². The smallest absolute Gasteiger partial charge is 0.118 e. The highest BCUT2D eigenvalue weighted by Gasteiger charge is 2.32. The first-order valence-corrected chi connectivity index (χ1v) is 8.33. The van der Waals surface area contributed by atoms with Crippen LogP contribution in [0.1, 0.15) is 65.0 Å². The van der Waals surface area contributed by atoms with Crippen molar-refractivity contribution in [3.05, 3.63) is 29.8 Å². The highest BCUT2D eigenvalue weighted by Crippen LogP contribution is 2.39. The second-order valence-corrected chi connectivity index (χ2v) is 7.51. The Hall–Kier alpha value is -1.02. The first-order valence-electron chi connectivity index (χ1n) is 8.33. The van der Waals surface area contributed by atoms with Gasteiger partial charge < -0.3 is 10.1 Å². The molecule has 0 aromatic heterocycles. The van der Waals surface area contributed by atoms with Crippen LogP contribution in [0.2, 0.25) is 0 Å². The molecule has 3 unspecified atom stereocenters. The molecule has 2 nitrogen and oxygen atoms in total. The number of methoxy groups -OCH3 is 1. The maximum atomic E-state index is 5.25. The van der Waals surface area contributed by atoms with Crippen molar-refractivity contribution in [3.63, 3.8) is 0 Å². The zero-order valence-corrected chi connectivity index (χ0v) is 14.3. The maximum Gasteiger partial charge on any atom is 0.118 e. The van der Waals surface area contributed by atoms with E-state index in [0.717, 1.165) is 18.1 Å². The van der Waals surface area contributed by atoms with E-state index in [1.54, 1.807) is 7.11 Å². The van der Waals surface area contributed by atoms with E-state index in [1.165, 1.54) is 24.8 Å². The molecule has 1 aromatic carbocycles. The van der Waals surface area contributed by atoms with Crippen LogP contribution < -0.4 is 10.1 Å². The van der Waals surface area contributed by atoms with E-state index in [2.05, 4.69) is 57.3 Å². The van der Waals surface area contributed by atoms with Gasteiger partial charge in [0.1, 0.15) is 5.75 Å². The SMILES string of the molecule is CCC(NC1CC(C)CC(C)(C)C1)c1ccc(OC)cc1. The van der Waals surface area contributed by atoms with Crippen molar-refractivity contribution >= 4 is 0 Å². The lowest BCUT2D eigenvalue weighted by atomic mass is 9.70. The predicted molar refractivity (Wildman–Crippen MR) is 89.7 cm³/mol. The van der Waals surface area contributed by atoms with Crippen LogP contribution in [0.4, 0.5) is 0 Å². The molecule has 0 radical (unpaired) electrons. The average molecular weight is 289 g/mol. The molecule has 0 saturated heterocycles. The zero-order chi connectivity index (χ0) is 15.5. The van der Waals surface area contributed by atoms with E-state index >= 15 is 0 Å². The fourth-order valence-electron chi connectivity index (χ4n) is 4.04. The Bertz CT molecular complexity index is 437. The number of ether oxygens (including phenoxy) is 1. The zero-order valence-electron chi connectivity index (χ0n) is 14.3. The highest BCUT2D eigenvalue weighted by molar-refractivity contribution is 5.29. The number of hydrogen-bond acceptors (Lipinski definition) is 2. The van der Waals surface area contributed by atoms with E-state index in [0.29, 0.717) is 17.5 Å². The number of benzene rings is 1. The van der Waals surface area contributed by atoms with Gasteiger partial charge >= 0.3 is 0 Å². The molecular weight excluding hydrogens is 258 g/mol. The topological polar surface area (TPSA) is 21.3 Å². The van der Waals surface area contributed by atoms with Crippen LogP contribution in [0.25, 0.3) is 0 Å². The minimum Gasteiger partial charge on any atom is -0.497 e. The van der Waals surface area contributed by atoms with Crippen molar-refractivity contribution in [3.8, 4) is 5.75 Å². The van der Waals surface area contributed by atoms with Crippen molar-refractivity contribution in [2.75, 3.05) is 7.11 Å². The van der Waals surface area contributed by atoms with E-state index in [9.17, 15) is 0 Å². The number of hydrogen-bond donors (Lipinski definition) is 1. The fourth-order valence-corrected chi connectivity index (χ4v) is 4.04. The van der Waals surface area contributed by atoms with Gasteiger partial charge in [0.05, 0.1) is 7.11 Å². The summed E-state index contributed by atoms with van der Waals surface area (Å²) in [6, 6.07) is 9.59. The van der Waals surface area contributed by atoms with Crippen molar-refractivity contribution in [2.24, 2.45) is 11.3 Å². The summed E-state index contributed by atoms with van der Waals surface area (Å²) in [4.78, 5) is 0. The summed E-state index contributed by atoms with van der Waals surface area (Å²) >= 11 is 0. The fraction of sp³-hybridized carbons (Fsp3) is 0.684. The molecule has 1 N–H and O–H groups in total. The third-order valence-corrected chi connectivity index (χ3v) is 4.75. The van der Waals surface area contributed by atoms with E-state index in [4.69, 9.17) is 4.74 Å². The van der Waals surface area contributed by atoms with E-state index < -0.39 is 0 Å². The molecule has 1 aliphatic carbocycles. The van der Waals surface area contributed by atoms with Gasteiger partial charge in [0.25, 0.3) is 0 Å². The quantitative estimate of drug-likeness (QED) is 0.828. The molecule has 21 heavy (non-hydrogen) atoms. The molecule has 0 heterocycles. The Morgan fingerprint density at radius 2 is 1.90 bits per heavy atom. The van der Waals surface area contributed by atoms with Crippen molar-refractivity contribution in [1.82, 2.24) is 5.32 Å². The van der Waals surface area contributed by atoms with Gasteiger partial charge in [0.15, 0.2) is 0 Å². The maximum absolute atomic E-state index is 5.25. The van der Waals surface area contributed by atoms with Crippen LogP contribution in [-0.4, -0.2) is 13.2 Å². The van der Waals surface area contributed by atoms with Crippen LogP contribution in [-0.2, 0) is 0 Å². The number of nitrogens with one attached hydrogen (secondary N) is 1. The van der Waals surface area contributed by atoms with Gasteiger partial charge in [-0.05, 0) is 54.7 Å². The van der Waals surface area contributed by atoms with E-state index in [1.807, 2.05) is 0 Å². The lowest BCUT2D eigenvalue weighted by Crippen LogP contribution is -2.41. The first-order chi connectivity index (χ1) is 9.93. The minimum atomic E-state index is 0.446. The Balaban J connectivity index is 2.04. The van der Waals surface area contributed by atoms with Gasteiger partial charge in [0, 0.05) is 12.1 Å². The first kappa shape index (κ1) is 16.4. The molecule has 0 amide bonds. The average Bonchev–Trinajstić information content (AvgIpc) is 2.43. The summed E-state index contributed by atoms with van der Waals surface area (Å²) in [5.74, 6) is 1.75. The molecule has 1 aliphatic rings. The Morgan fingerprint density at radius 1 is 1.24 bits per heavy atom. The lowest BCUT2D eigenvalue weighted by molar-refractivity contribution is 0.143. The highest BCUT2D eigenvalue weighted by atomic mass is 16.5.